The van der Waals surface area contributed by atoms with Crippen LogP contribution in [-0.4, -0.2) is 34.1 Å². The fourth-order valence-electron chi connectivity index (χ4n) is 4.75. The van der Waals surface area contributed by atoms with E-state index < -0.39 is 5.91 Å². The normalized spacial score (nSPS) is 16.0. The summed E-state index contributed by atoms with van der Waals surface area (Å²) in [6.45, 7) is 6.68. The molecule has 31 heavy (non-hydrogen) atoms. The number of aromatic amines is 1. The average molecular weight is 418 g/mol. The van der Waals surface area contributed by atoms with Crippen molar-refractivity contribution in [3.05, 3.63) is 77.0 Å². The maximum absolute atomic E-state index is 11.3. The first-order chi connectivity index (χ1) is 15.0. The van der Waals surface area contributed by atoms with Crippen molar-refractivity contribution >= 4 is 22.9 Å². The van der Waals surface area contributed by atoms with Gasteiger partial charge >= 0.3 is 0 Å². The molecule has 1 heterocycles. The number of amides is 1. The molecule has 0 bridgehead atoms. The minimum absolute atomic E-state index is 0.432. The fraction of sp³-hybridized carbons (Fsp3) is 0.346. The maximum atomic E-state index is 11.3. The van der Waals surface area contributed by atoms with Crippen molar-refractivity contribution in [2.75, 3.05) is 13.1 Å². The van der Waals surface area contributed by atoms with Gasteiger partial charge in [-0.3, -0.25) is 14.9 Å². The van der Waals surface area contributed by atoms with Gasteiger partial charge in [0.15, 0.2) is 0 Å². The summed E-state index contributed by atoms with van der Waals surface area (Å²) in [5.74, 6) is 0.0879. The van der Waals surface area contributed by atoms with Crippen molar-refractivity contribution in [3.63, 3.8) is 0 Å². The van der Waals surface area contributed by atoms with Gasteiger partial charge < -0.3 is 4.98 Å². The van der Waals surface area contributed by atoms with Crippen LogP contribution < -0.4 is 5.48 Å². The summed E-state index contributed by atoms with van der Waals surface area (Å²) in [4.78, 5) is 17.3. The highest BCUT2D eigenvalue weighted by molar-refractivity contribution is 5.90. The number of aromatic nitrogens is 1. The van der Waals surface area contributed by atoms with E-state index in [4.69, 9.17) is 5.21 Å². The number of nitrogens with zero attached hydrogens (tertiary/aromatic N) is 1. The molecule has 5 nitrogen and oxygen atoms in total. The summed E-state index contributed by atoms with van der Waals surface area (Å²) in [6.07, 6.45) is 8.44. The van der Waals surface area contributed by atoms with Crippen LogP contribution in [0, 0.1) is 5.92 Å². The van der Waals surface area contributed by atoms with Gasteiger partial charge in [0.2, 0.25) is 0 Å². The van der Waals surface area contributed by atoms with E-state index in [1.807, 2.05) is 0 Å². The van der Waals surface area contributed by atoms with Crippen molar-refractivity contribution in [2.24, 2.45) is 5.92 Å². The minimum Gasteiger partial charge on any atom is -0.361 e. The smallest absolute Gasteiger partial charge is 0.267 e. The maximum Gasteiger partial charge on any atom is 0.267 e. The van der Waals surface area contributed by atoms with Crippen LogP contribution in [0.4, 0.5) is 0 Å². The summed E-state index contributed by atoms with van der Waals surface area (Å²) in [5.41, 5.74) is 7.96. The van der Waals surface area contributed by atoms with Crippen molar-refractivity contribution in [3.8, 4) is 0 Å². The van der Waals surface area contributed by atoms with E-state index >= 15 is 0 Å². The molecule has 0 saturated carbocycles. The highest BCUT2D eigenvalue weighted by Gasteiger charge is 2.28. The van der Waals surface area contributed by atoms with E-state index in [9.17, 15) is 4.79 Å². The molecule has 0 saturated heterocycles. The van der Waals surface area contributed by atoms with E-state index in [2.05, 4.69) is 72.4 Å². The number of fused-ring (bicyclic) bond motifs is 2. The topological polar surface area (TPSA) is 68.4 Å². The van der Waals surface area contributed by atoms with Gasteiger partial charge in [0.05, 0.1) is 0 Å². The molecule has 1 amide bonds. The Morgan fingerprint density at radius 2 is 2.13 bits per heavy atom. The third kappa shape index (κ3) is 4.89. The lowest BCUT2D eigenvalue weighted by atomic mass is 10.0. The Labute approximate surface area is 183 Å². The number of hydrogen-bond donors (Lipinski definition) is 3. The third-order valence-corrected chi connectivity index (χ3v) is 6.13. The molecule has 1 unspecified atom stereocenters. The predicted molar refractivity (Wildman–Crippen MR) is 125 cm³/mol. The van der Waals surface area contributed by atoms with Gasteiger partial charge in [-0.15, -0.1) is 0 Å². The average Bonchev–Trinajstić information content (AvgIpc) is 3.38. The Hall–Kier alpha value is -2.89. The first-order valence-electron chi connectivity index (χ1n) is 11.1. The largest absolute Gasteiger partial charge is 0.361 e. The fourth-order valence-corrected chi connectivity index (χ4v) is 4.75. The lowest BCUT2D eigenvalue weighted by Crippen LogP contribution is -2.33. The lowest BCUT2D eigenvalue weighted by molar-refractivity contribution is -0.124. The van der Waals surface area contributed by atoms with Gasteiger partial charge in [-0.1, -0.05) is 50.2 Å². The van der Waals surface area contributed by atoms with Gasteiger partial charge in [-0.2, -0.15) is 0 Å². The van der Waals surface area contributed by atoms with E-state index in [-0.39, 0.29) is 0 Å². The van der Waals surface area contributed by atoms with Crippen molar-refractivity contribution in [2.45, 2.75) is 39.2 Å². The molecule has 0 spiro atoms. The zero-order valence-electron chi connectivity index (χ0n) is 18.3. The minimum atomic E-state index is -0.515. The molecule has 1 atom stereocenters. The molecule has 0 fully saturated rings. The molecule has 5 heteroatoms. The highest BCUT2D eigenvalue weighted by Crippen LogP contribution is 2.37. The quantitative estimate of drug-likeness (QED) is 0.278. The Kier molecular flexibility index (Phi) is 6.54. The van der Waals surface area contributed by atoms with Gasteiger partial charge in [0.1, 0.15) is 0 Å². The second-order valence-electron chi connectivity index (χ2n) is 8.82. The molecule has 3 aromatic rings. The molecular formula is C26H31N3O2. The molecule has 3 N–H and O–H groups in total. The van der Waals surface area contributed by atoms with Crippen LogP contribution in [-0.2, 0) is 17.6 Å². The Morgan fingerprint density at radius 3 is 2.94 bits per heavy atom. The second-order valence-corrected chi connectivity index (χ2v) is 8.82. The first-order valence-corrected chi connectivity index (χ1v) is 11.1. The molecule has 0 radical (unpaired) electrons. The van der Waals surface area contributed by atoms with E-state index in [0.29, 0.717) is 12.0 Å². The van der Waals surface area contributed by atoms with Crippen LogP contribution >= 0.6 is 0 Å². The number of para-hydroxylation sites is 1. The number of carbonyl (C=O) groups excluding carboxylic acids is 1. The predicted octanol–water partition coefficient (Wildman–Crippen LogP) is 4.87. The van der Waals surface area contributed by atoms with Crippen LogP contribution in [0.1, 0.15) is 48.6 Å². The molecule has 1 aromatic heterocycles. The number of nitrogens with one attached hydrogen (secondary N) is 2. The first kappa shape index (κ1) is 21.3. The van der Waals surface area contributed by atoms with Gasteiger partial charge in [0.25, 0.3) is 5.91 Å². The van der Waals surface area contributed by atoms with Gasteiger partial charge in [-0.25, -0.2) is 5.48 Å². The zero-order valence-corrected chi connectivity index (χ0v) is 18.3. The third-order valence-electron chi connectivity index (χ3n) is 6.13. The SMILES string of the molecule is CC(C)CN(CCc1c[nH]c2ccccc12)C1CCc2cc(/C=C/C(=O)NO)ccc21. The van der Waals surface area contributed by atoms with Crippen LogP contribution in [0.15, 0.2) is 54.7 Å². The summed E-state index contributed by atoms with van der Waals surface area (Å²) in [5, 5.41) is 9.98. The molecule has 4 rings (SSSR count). The molecule has 1 aliphatic carbocycles. The van der Waals surface area contributed by atoms with Crippen molar-refractivity contribution < 1.29 is 10.0 Å². The highest BCUT2D eigenvalue weighted by atomic mass is 16.5. The molecule has 1 aliphatic rings. The second kappa shape index (κ2) is 9.50. The number of carbonyl (C=O) groups is 1. The Bertz CT molecular complexity index is 1080. The number of aryl methyl sites for hydroxylation is 1. The lowest BCUT2D eigenvalue weighted by Gasteiger charge is -2.31. The monoisotopic (exact) mass is 417 g/mol. The van der Waals surface area contributed by atoms with Crippen LogP contribution in [0.2, 0.25) is 0 Å². The van der Waals surface area contributed by atoms with E-state index in [1.165, 1.54) is 33.7 Å². The molecule has 2 aromatic carbocycles. The number of hydrogen-bond acceptors (Lipinski definition) is 3. The Balaban J connectivity index is 1.51. The summed E-state index contributed by atoms with van der Waals surface area (Å²) >= 11 is 0. The Morgan fingerprint density at radius 1 is 1.29 bits per heavy atom. The number of hydroxylamine groups is 1. The van der Waals surface area contributed by atoms with E-state index in [1.54, 1.807) is 11.6 Å². The van der Waals surface area contributed by atoms with Crippen LogP contribution in [0.5, 0.6) is 0 Å². The molecule has 162 valence electrons. The molecule has 0 aliphatic heterocycles. The van der Waals surface area contributed by atoms with Gasteiger partial charge in [-0.05, 0) is 59.6 Å². The summed E-state index contributed by atoms with van der Waals surface area (Å²) in [7, 11) is 0. The van der Waals surface area contributed by atoms with Gasteiger partial charge in [0, 0.05) is 42.3 Å². The van der Waals surface area contributed by atoms with Crippen LogP contribution in [0.3, 0.4) is 0 Å². The number of benzene rings is 2. The molecular weight excluding hydrogens is 386 g/mol. The summed E-state index contributed by atoms with van der Waals surface area (Å²) in [6, 6.07) is 15.4. The van der Waals surface area contributed by atoms with Crippen molar-refractivity contribution in [1.29, 1.82) is 0 Å². The van der Waals surface area contributed by atoms with Crippen LogP contribution in [0.25, 0.3) is 17.0 Å². The zero-order chi connectivity index (χ0) is 21.8. The summed E-state index contributed by atoms with van der Waals surface area (Å²) < 4.78 is 0. The van der Waals surface area contributed by atoms with Crippen molar-refractivity contribution in [1.82, 2.24) is 15.4 Å². The standard InChI is InChI=1S/C26H31N3O2/c1-18(2)17-29(14-13-21-16-27-24-6-4-3-5-22(21)24)25-11-9-20-15-19(7-10-23(20)25)8-12-26(30)28-31/h3-8,10,12,15-16,18,25,27,31H,9,11,13-14,17H2,1-2H3,(H,28,30)/b12-8+. The number of H-pyrrole nitrogens is 1. The number of rotatable bonds is 8. The van der Waals surface area contributed by atoms with E-state index in [0.717, 1.165) is 37.9 Å².